The first kappa shape index (κ1) is 13.6. The molecule has 0 atom stereocenters. The van der Waals surface area contributed by atoms with Crippen LogP contribution in [0.1, 0.15) is 18.9 Å². The molecule has 1 aromatic carbocycles. The summed E-state index contributed by atoms with van der Waals surface area (Å²) in [6.07, 6.45) is 1.08. The lowest BCUT2D eigenvalue weighted by Gasteiger charge is -2.07. The minimum Gasteiger partial charge on any atom is -0.317 e. The number of hydrogen-bond donors (Lipinski definition) is 2. The van der Waals surface area contributed by atoms with E-state index >= 15 is 0 Å². The molecular formula is C12H18BrFN2. The summed E-state index contributed by atoms with van der Waals surface area (Å²) in [4.78, 5) is 0. The van der Waals surface area contributed by atoms with Crippen LogP contribution in [0.5, 0.6) is 0 Å². The number of rotatable bonds is 7. The van der Waals surface area contributed by atoms with Crippen molar-refractivity contribution in [2.45, 2.75) is 19.9 Å². The van der Waals surface area contributed by atoms with Crippen LogP contribution >= 0.6 is 15.9 Å². The van der Waals surface area contributed by atoms with Gasteiger partial charge in [-0.25, -0.2) is 4.39 Å². The van der Waals surface area contributed by atoms with E-state index in [1.165, 1.54) is 6.07 Å². The van der Waals surface area contributed by atoms with Crippen LogP contribution in [0.3, 0.4) is 0 Å². The van der Waals surface area contributed by atoms with E-state index in [0.717, 1.165) is 36.1 Å². The van der Waals surface area contributed by atoms with E-state index in [1.54, 1.807) is 12.1 Å². The molecular weight excluding hydrogens is 271 g/mol. The van der Waals surface area contributed by atoms with Gasteiger partial charge in [0.25, 0.3) is 0 Å². The number of halogens is 2. The summed E-state index contributed by atoms with van der Waals surface area (Å²) in [6.45, 7) is 5.76. The number of nitrogens with one attached hydrogen (secondary N) is 2. The van der Waals surface area contributed by atoms with Crippen molar-refractivity contribution in [1.29, 1.82) is 0 Å². The minimum atomic E-state index is -0.187. The Bertz CT molecular complexity index is 318. The maximum absolute atomic E-state index is 13.0. The van der Waals surface area contributed by atoms with Crippen molar-refractivity contribution in [2.24, 2.45) is 0 Å². The van der Waals surface area contributed by atoms with Crippen LogP contribution < -0.4 is 10.6 Å². The van der Waals surface area contributed by atoms with Crippen molar-refractivity contribution in [2.75, 3.05) is 19.6 Å². The molecule has 0 radical (unpaired) electrons. The largest absolute Gasteiger partial charge is 0.317 e. The fourth-order valence-electron chi connectivity index (χ4n) is 1.42. The Hall–Kier alpha value is -0.450. The highest BCUT2D eigenvalue weighted by molar-refractivity contribution is 9.10. The fourth-order valence-corrected chi connectivity index (χ4v) is 1.80. The van der Waals surface area contributed by atoms with E-state index in [2.05, 4.69) is 33.5 Å². The van der Waals surface area contributed by atoms with Crippen molar-refractivity contribution in [1.82, 2.24) is 10.6 Å². The topological polar surface area (TPSA) is 24.1 Å². The summed E-state index contributed by atoms with van der Waals surface area (Å²) in [6, 6.07) is 4.76. The van der Waals surface area contributed by atoms with Crippen LogP contribution in [0, 0.1) is 5.82 Å². The first-order valence-corrected chi connectivity index (χ1v) is 6.38. The van der Waals surface area contributed by atoms with Gasteiger partial charge in [-0.3, -0.25) is 0 Å². The zero-order valence-electron chi connectivity index (χ0n) is 9.52. The molecule has 0 bridgehead atoms. The van der Waals surface area contributed by atoms with E-state index < -0.39 is 0 Å². The summed E-state index contributed by atoms with van der Waals surface area (Å²) < 4.78 is 13.9. The monoisotopic (exact) mass is 288 g/mol. The van der Waals surface area contributed by atoms with E-state index in [9.17, 15) is 4.39 Å². The van der Waals surface area contributed by atoms with Gasteiger partial charge in [-0.1, -0.05) is 22.9 Å². The van der Waals surface area contributed by atoms with E-state index in [1.807, 2.05) is 0 Å². The third-order valence-corrected chi connectivity index (χ3v) is 3.05. The van der Waals surface area contributed by atoms with Crippen LogP contribution in [0.2, 0.25) is 0 Å². The smallest absolute Gasteiger partial charge is 0.123 e. The van der Waals surface area contributed by atoms with Crippen molar-refractivity contribution in [3.63, 3.8) is 0 Å². The van der Waals surface area contributed by atoms with Crippen LogP contribution in [0.25, 0.3) is 0 Å². The number of benzene rings is 1. The van der Waals surface area contributed by atoms with Crippen LogP contribution in [0.4, 0.5) is 4.39 Å². The van der Waals surface area contributed by atoms with Gasteiger partial charge < -0.3 is 10.6 Å². The normalized spacial score (nSPS) is 10.7. The maximum atomic E-state index is 13.0. The van der Waals surface area contributed by atoms with Crippen LogP contribution in [-0.4, -0.2) is 19.6 Å². The highest BCUT2D eigenvalue weighted by Crippen LogP contribution is 2.17. The molecule has 16 heavy (non-hydrogen) atoms. The van der Waals surface area contributed by atoms with Crippen molar-refractivity contribution >= 4 is 15.9 Å². The Balaban J connectivity index is 2.23. The molecule has 0 saturated carbocycles. The molecule has 4 heteroatoms. The van der Waals surface area contributed by atoms with Crippen molar-refractivity contribution < 1.29 is 4.39 Å². The summed E-state index contributed by atoms with van der Waals surface area (Å²) in [5, 5.41) is 6.55. The second kappa shape index (κ2) is 7.76. The lowest BCUT2D eigenvalue weighted by Crippen LogP contribution is -2.21. The predicted molar refractivity (Wildman–Crippen MR) is 69.0 cm³/mol. The van der Waals surface area contributed by atoms with Crippen LogP contribution in [-0.2, 0) is 6.54 Å². The molecule has 0 heterocycles. The van der Waals surface area contributed by atoms with E-state index in [4.69, 9.17) is 0 Å². The molecule has 90 valence electrons. The molecule has 0 spiro atoms. The van der Waals surface area contributed by atoms with Gasteiger partial charge in [0, 0.05) is 11.0 Å². The summed E-state index contributed by atoms with van der Waals surface area (Å²) in [5.74, 6) is -0.187. The Morgan fingerprint density at radius 1 is 1.25 bits per heavy atom. The molecule has 0 aliphatic carbocycles. The van der Waals surface area contributed by atoms with Gasteiger partial charge >= 0.3 is 0 Å². The standard InChI is InChI=1S/C12H18BrFN2/c1-2-15-6-3-7-16-9-10-8-11(14)4-5-12(10)13/h4-5,8,15-16H,2-3,6-7,9H2,1H3. The van der Waals surface area contributed by atoms with Gasteiger partial charge in [0.05, 0.1) is 0 Å². The van der Waals surface area contributed by atoms with Crippen molar-refractivity contribution in [3.05, 3.63) is 34.1 Å². The van der Waals surface area contributed by atoms with E-state index in [0.29, 0.717) is 6.54 Å². The third kappa shape index (κ3) is 5.05. The molecule has 0 aliphatic rings. The summed E-state index contributed by atoms with van der Waals surface area (Å²) in [5.41, 5.74) is 0.962. The second-order valence-corrected chi connectivity index (χ2v) is 4.47. The molecule has 0 unspecified atom stereocenters. The molecule has 1 aromatic rings. The van der Waals surface area contributed by atoms with Gasteiger partial charge in [-0.15, -0.1) is 0 Å². The fraction of sp³-hybridized carbons (Fsp3) is 0.500. The first-order chi connectivity index (χ1) is 7.74. The summed E-state index contributed by atoms with van der Waals surface area (Å²) in [7, 11) is 0. The Morgan fingerprint density at radius 2 is 2.00 bits per heavy atom. The highest BCUT2D eigenvalue weighted by Gasteiger charge is 2.00. The van der Waals surface area contributed by atoms with Gasteiger partial charge in [0.15, 0.2) is 0 Å². The lowest BCUT2D eigenvalue weighted by atomic mass is 10.2. The minimum absolute atomic E-state index is 0.187. The van der Waals surface area contributed by atoms with Gasteiger partial charge in [0.1, 0.15) is 5.82 Å². The average molecular weight is 289 g/mol. The van der Waals surface area contributed by atoms with Gasteiger partial charge in [-0.2, -0.15) is 0 Å². The molecule has 2 N–H and O–H groups in total. The molecule has 0 aliphatic heterocycles. The van der Waals surface area contributed by atoms with Gasteiger partial charge in [0.2, 0.25) is 0 Å². The predicted octanol–water partition coefficient (Wildman–Crippen LogP) is 2.68. The third-order valence-electron chi connectivity index (χ3n) is 2.28. The Kier molecular flexibility index (Phi) is 6.61. The van der Waals surface area contributed by atoms with E-state index in [-0.39, 0.29) is 5.82 Å². The number of hydrogen-bond acceptors (Lipinski definition) is 2. The highest BCUT2D eigenvalue weighted by atomic mass is 79.9. The average Bonchev–Trinajstić information content (AvgIpc) is 2.28. The Morgan fingerprint density at radius 3 is 2.75 bits per heavy atom. The second-order valence-electron chi connectivity index (χ2n) is 3.62. The molecule has 0 saturated heterocycles. The summed E-state index contributed by atoms with van der Waals surface area (Å²) >= 11 is 3.41. The Labute approximate surface area is 105 Å². The van der Waals surface area contributed by atoms with Crippen molar-refractivity contribution in [3.8, 4) is 0 Å². The lowest BCUT2D eigenvalue weighted by molar-refractivity contribution is 0.597. The quantitative estimate of drug-likeness (QED) is 0.754. The SMILES string of the molecule is CCNCCCNCc1cc(F)ccc1Br. The van der Waals surface area contributed by atoms with Crippen LogP contribution in [0.15, 0.2) is 22.7 Å². The zero-order valence-corrected chi connectivity index (χ0v) is 11.1. The maximum Gasteiger partial charge on any atom is 0.123 e. The molecule has 0 aromatic heterocycles. The molecule has 1 rings (SSSR count). The van der Waals surface area contributed by atoms with Gasteiger partial charge in [-0.05, 0) is 49.8 Å². The first-order valence-electron chi connectivity index (χ1n) is 5.59. The molecule has 0 amide bonds. The zero-order chi connectivity index (χ0) is 11.8. The molecule has 0 fully saturated rings. The molecule has 2 nitrogen and oxygen atoms in total.